The maximum absolute atomic E-state index is 12.9. The molecule has 1 aliphatic heterocycles. The van der Waals surface area contributed by atoms with Gasteiger partial charge in [-0.05, 0) is 24.6 Å². The van der Waals surface area contributed by atoms with Gasteiger partial charge in [0.05, 0.1) is 18.4 Å². The molecule has 0 aliphatic carbocycles. The maximum atomic E-state index is 12.9. The Balaban J connectivity index is 2.08. The van der Waals surface area contributed by atoms with Crippen LogP contribution in [0.2, 0.25) is 0 Å². The summed E-state index contributed by atoms with van der Waals surface area (Å²) in [7, 11) is 0. The van der Waals surface area contributed by atoms with Gasteiger partial charge in [-0.1, -0.05) is 12.1 Å². The SMILES string of the molecule is CCOc1cccc(CN2C[C@@H](C(F)(F)F)[C@H](C(=O)O)C2)c1. The van der Waals surface area contributed by atoms with Crippen molar-refractivity contribution < 1.29 is 27.8 Å². The van der Waals surface area contributed by atoms with Crippen molar-refractivity contribution in [3.05, 3.63) is 29.8 Å². The van der Waals surface area contributed by atoms with Gasteiger partial charge in [0.2, 0.25) is 0 Å². The van der Waals surface area contributed by atoms with E-state index in [0.717, 1.165) is 5.56 Å². The van der Waals surface area contributed by atoms with Crippen LogP contribution in [0.5, 0.6) is 5.75 Å². The summed E-state index contributed by atoms with van der Waals surface area (Å²) in [6.45, 7) is 2.23. The lowest BCUT2D eigenvalue weighted by molar-refractivity contribution is -0.188. The lowest BCUT2D eigenvalue weighted by atomic mass is 9.96. The van der Waals surface area contributed by atoms with Crippen LogP contribution in [-0.2, 0) is 11.3 Å². The van der Waals surface area contributed by atoms with E-state index in [9.17, 15) is 18.0 Å². The third-order valence-corrected chi connectivity index (χ3v) is 3.75. The molecule has 0 bridgehead atoms. The highest BCUT2D eigenvalue weighted by molar-refractivity contribution is 5.71. The van der Waals surface area contributed by atoms with Gasteiger partial charge in [-0.3, -0.25) is 9.69 Å². The first-order valence-electron chi connectivity index (χ1n) is 7.05. The Morgan fingerprint density at radius 2 is 2.14 bits per heavy atom. The zero-order valence-corrected chi connectivity index (χ0v) is 12.1. The minimum absolute atomic E-state index is 0.0988. The molecule has 0 spiro atoms. The molecule has 122 valence electrons. The molecule has 1 fully saturated rings. The number of hydrogen-bond acceptors (Lipinski definition) is 3. The number of benzene rings is 1. The molecular formula is C15H18F3NO3. The predicted molar refractivity (Wildman–Crippen MR) is 73.6 cm³/mol. The zero-order valence-electron chi connectivity index (χ0n) is 12.1. The van der Waals surface area contributed by atoms with Gasteiger partial charge in [-0.15, -0.1) is 0 Å². The van der Waals surface area contributed by atoms with Crippen molar-refractivity contribution in [2.75, 3.05) is 19.7 Å². The first-order chi connectivity index (χ1) is 10.3. The summed E-state index contributed by atoms with van der Waals surface area (Å²) in [6.07, 6.45) is -4.50. The topological polar surface area (TPSA) is 49.8 Å². The van der Waals surface area contributed by atoms with Gasteiger partial charge in [-0.2, -0.15) is 13.2 Å². The van der Waals surface area contributed by atoms with Gasteiger partial charge in [0.25, 0.3) is 0 Å². The number of rotatable bonds is 5. The molecule has 0 amide bonds. The Morgan fingerprint density at radius 3 is 2.68 bits per heavy atom. The van der Waals surface area contributed by atoms with Crippen LogP contribution in [0.25, 0.3) is 0 Å². The van der Waals surface area contributed by atoms with E-state index in [4.69, 9.17) is 9.84 Å². The molecule has 1 aliphatic rings. The van der Waals surface area contributed by atoms with Crippen molar-refractivity contribution in [1.82, 2.24) is 4.90 Å². The molecule has 0 aromatic heterocycles. The van der Waals surface area contributed by atoms with E-state index < -0.39 is 24.0 Å². The van der Waals surface area contributed by atoms with Crippen LogP contribution in [0.15, 0.2) is 24.3 Å². The van der Waals surface area contributed by atoms with Crippen LogP contribution in [0.3, 0.4) is 0 Å². The summed E-state index contributed by atoms with van der Waals surface area (Å²) < 4.78 is 44.2. The second kappa shape index (κ2) is 6.56. The lowest BCUT2D eigenvalue weighted by Gasteiger charge is -2.18. The fraction of sp³-hybridized carbons (Fsp3) is 0.533. The summed E-state index contributed by atoms with van der Waals surface area (Å²) in [6, 6.07) is 7.10. The van der Waals surface area contributed by atoms with Gasteiger partial charge in [0, 0.05) is 19.6 Å². The largest absolute Gasteiger partial charge is 0.494 e. The third-order valence-electron chi connectivity index (χ3n) is 3.75. The van der Waals surface area contributed by atoms with Crippen molar-refractivity contribution in [3.63, 3.8) is 0 Å². The Labute approximate surface area is 126 Å². The van der Waals surface area contributed by atoms with E-state index in [1.54, 1.807) is 24.3 Å². The summed E-state index contributed by atoms with van der Waals surface area (Å²) in [5.41, 5.74) is 0.804. The van der Waals surface area contributed by atoms with E-state index >= 15 is 0 Å². The van der Waals surface area contributed by atoms with Crippen molar-refractivity contribution >= 4 is 5.97 Å². The maximum Gasteiger partial charge on any atom is 0.393 e. The van der Waals surface area contributed by atoms with Crippen LogP contribution >= 0.6 is 0 Å². The molecule has 1 aromatic carbocycles. The van der Waals surface area contributed by atoms with Crippen molar-refractivity contribution in [2.24, 2.45) is 11.8 Å². The van der Waals surface area contributed by atoms with Gasteiger partial charge < -0.3 is 9.84 Å². The smallest absolute Gasteiger partial charge is 0.393 e. The predicted octanol–water partition coefficient (Wildman–Crippen LogP) is 2.78. The highest BCUT2D eigenvalue weighted by Gasteiger charge is 2.52. The average molecular weight is 317 g/mol. The number of hydrogen-bond donors (Lipinski definition) is 1. The highest BCUT2D eigenvalue weighted by atomic mass is 19.4. The number of aliphatic carboxylic acids is 1. The summed E-state index contributed by atoms with van der Waals surface area (Å²) in [4.78, 5) is 12.6. The number of carbonyl (C=O) groups is 1. The number of carboxylic acids is 1. The molecule has 4 nitrogen and oxygen atoms in total. The van der Waals surface area contributed by atoms with E-state index in [2.05, 4.69) is 0 Å². The minimum atomic E-state index is -4.50. The second-order valence-corrected chi connectivity index (χ2v) is 5.37. The van der Waals surface area contributed by atoms with Crippen LogP contribution in [0.1, 0.15) is 12.5 Å². The molecule has 0 saturated carbocycles. The number of alkyl halides is 3. The zero-order chi connectivity index (χ0) is 16.3. The molecule has 0 unspecified atom stereocenters. The first kappa shape index (κ1) is 16.6. The lowest BCUT2D eigenvalue weighted by Crippen LogP contribution is -2.33. The average Bonchev–Trinajstić information content (AvgIpc) is 2.84. The molecule has 2 rings (SSSR count). The van der Waals surface area contributed by atoms with E-state index in [-0.39, 0.29) is 19.6 Å². The second-order valence-electron chi connectivity index (χ2n) is 5.37. The summed E-state index contributed by atoms with van der Waals surface area (Å²) in [5, 5.41) is 9.00. The molecule has 1 aromatic rings. The Morgan fingerprint density at radius 1 is 1.41 bits per heavy atom. The molecule has 1 N–H and O–H groups in total. The van der Waals surface area contributed by atoms with Crippen LogP contribution < -0.4 is 4.74 Å². The van der Waals surface area contributed by atoms with E-state index in [1.165, 1.54) is 4.90 Å². The Kier molecular flexibility index (Phi) is 4.95. The molecule has 22 heavy (non-hydrogen) atoms. The summed E-state index contributed by atoms with van der Waals surface area (Å²) in [5.74, 6) is -3.97. The molecule has 7 heteroatoms. The number of ether oxygens (including phenoxy) is 1. The molecule has 1 heterocycles. The van der Waals surface area contributed by atoms with Crippen molar-refractivity contribution in [2.45, 2.75) is 19.6 Å². The standard InChI is InChI=1S/C15H18F3NO3/c1-2-22-11-5-3-4-10(6-11)7-19-8-12(14(20)21)13(9-19)15(16,17)18/h3-6,12-13H,2,7-9H2,1H3,(H,20,21)/t12-,13-/m1/s1. The quantitative estimate of drug-likeness (QED) is 0.907. The number of nitrogens with zero attached hydrogens (tertiary/aromatic N) is 1. The third kappa shape index (κ3) is 3.91. The van der Waals surface area contributed by atoms with Gasteiger partial charge in [0.15, 0.2) is 0 Å². The molecule has 2 atom stereocenters. The fourth-order valence-electron chi connectivity index (χ4n) is 2.75. The monoisotopic (exact) mass is 317 g/mol. The van der Waals surface area contributed by atoms with Crippen LogP contribution in [0.4, 0.5) is 13.2 Å². The Bertz CT molecular complexity index is 533. The highest BCUT2D eigenvalue weighted by Crippen LogP contribution is 2.38. The fourth-order valence-corrected chi connectivity index (χ4v) is 2.75. The molecule has 0 radical (unpaired) electrons. The van der Waals surface area contributed by atoms with Crippen LogP contribution in [-0.4, -0.2) is 41.8 Å². The number of halogens is 3. The van der Waals surface area contributed by atoms with Gasteiger partial charge in [0.1, 0.15) is 5.75 Å². The Hall–Kier alpha value is -1.76. The molecular weight excluding hydrogens is 299 g/mol. The normalized spacial score (nSPS) is 22.7. The van der Waals surface area contributed by atoms with Gasteiger partial charge >= 0.3 is 12.1 Å². The van der Waals surface area contributed by atoms with Crippen LogP contribution in [0, 0.1) is 11.8 Å². The number of carboxylic acid groups (broad SMARTS) is 1. The minimum Gasteiger partial charge on any atom is -0.494 e. The van der Waals surface area contributed by atoms with Crippen molar-refractivity contribution in [3.8, 4) is 5.75 Å². The first-order valence-corrected chi connectivity index (χ1v) is 7.05. The van der Waals surface area contributed by atoms with Gasteiger partial charge in [-0.25, -0.2) is 0 Å². The molecule has 1 saturated heterocycles. The van der Waals surface area contributed by atoms with E-state index in [1.807, 2.05) is 6.92 Å². The van der Waals surface area contributed by atoms with Crippen molar-refractivity contribution in [1.29, 1.82) is 0 Å². The summed E-state index contributed by atoms with van der Waals surface area (Å²) >= 11 is 0. The number of likely N-dealkylation sites (tertiary alicyclic amines) is 1. The van der Waals surface area contributed by atoms with E-state index in [0.29, 0.717) is 12.4 Å².